The van der Waals surface area contributed by atoms with Gasteiger partial charge in [0.05, 0.1) is 0 Å². The topological polar surface area (TPSA) is 0 Å². The summed E-state index contributed by atoms with van der Waals surface area (Å²) < 4.78 is 0. The molecule has 2 rings (SSSR count). The lowest BCUT2D eigenvalue weighted by molar-refractivity contribution is 1.07. The van der Waals surface area contributed by atoms with Gasteiger partial charge in [0.15, 0.2) is 0 Å². The van der Waals surface area contributed by atoms with E-state index in [-0.39, 0.29) is 0 Å². The molecule has 0 aliphatic rings. The third-order valence-electron chi connectivity index (χ3n) is 4.23. The second kappa shape index (κ2) is 6.74. The standard InChI is InChI=1S/C20H26/c1-5-15-12-13-16(6-2)19(14-15)20-17(7-3)10-9-11-18(20)8-4/h9-14H,5-8H2,1-4H3. The first-order valence-corrected chi connectivity index (χ1v) is 7.97. The minimum Gasteiger partial charge on any atom is -0.0617 e. The highest BCUT2D eigenvalue weighted by Gasteiger charge is 2.12. The van der Waals surface area contributed by atoms with Gasteiger partial charge in [-0.25, -0.2) is 0 Å². The lowest BCUT2D eigenvalue weighted by atomic mass is 9.87. The molecule has 0 N–H and O–H groups in total. The maximum absolute atomic E-state index is 2.41. The molecular weight excluding hydrogens is 240 g/mol. The van der Waals surface area contributed by atoms with Crippen LogP contribution < -0.4 is 0 Å². The maximum Gasteiger partial charge on any atom is -0.0117 e. The van der Waals surface area contributed by atoms with Gasteiger partial charge in [-0.05, 0) is 59.1 Å². The van der Waals surface area contributed by atoms with Crippen molar-refractivity contribution in [2.24, 2.45) is 0 Å². The van der Waals surface area contributed by atoms with Crippen LogP contribution in [-0.4, -0.2) is 0 Å². The number of benzene rings is 2. The maximum atomic E-state index is 2.41. The Morgan fingerprint density at radius 3 is 1.75 bits per heavy atom. The minimum absolute atomic E-state index is 1.10. The van der Waals surface area contributed by atoms with Crippen molar-refractivity contribution in [3.63, 3.8) is 0 Å². The van der Waals surface area contributed by atoms with Crippen molar-refractivity contribution in [3.05, 3.63) is 58.7 Å². The first kappa shape index (κ1) is 14.8. The molecule has 0 unspecified atom stereocenters. The van der Waals surface area contributed by atoms with Crippen LogP contribution in [0.2, 0.25) is 0 Å². The Balaban J connectivity index is 2.72. The molecule has 2 aromatic rings. The lowest BCUT2D eigenvalue weighted by Crippen LogP contribution is -1.98. The predicted octanol–water partition coefficient (Wildman–Crippen LogP) is 5.60. The predicted molar refractivity (Wildman–Crippen MR) is 89.4 cm³/mol. The largest absolute Gasteiger partial charge is 0.0617 e. The molecule has 0 amide bonds. The molecule has 2 aromatic carbocycles. The molecular formula is C20H26. The van der Waals surface area contributed by atoms with E-state index < -0.39 is 0 Å². The summed E-state index contributed by atoms with van der Waals surface area (Å²) in [4.78, 5) is 0. The molecule has 0 radical (unpaired) electrons. The van der Waals surface area contributed by atoms with Crippen molar-refractivity contribution in [2.75, 3.05) is 0 Å². The smallest absolute Gasteiger partial charge is 0.0117 e. The third kappa shape index (κ3) is 2.80. The van der Waals surface area contributed by atoms with Crippen LogP contribution in [0.3, 0.4) is 0 Å². The van der Waals surface area contributed by atoms with Gasteiger partial charge in [0.1, 0.15) is 0 Å². The Hall–Kier alpha value is -1.56. The molecule has 20 heavy (non-hydrogen) atoms. The minimum atomic E-state index is 1.10. The van der Waals surface area contributed by atoms with E-state index in [2.05, 4.69) is 64.1 Å². The van der Waals surface area contributed by atoms with Crippen molar-refractivity contribution >= 4 is 0 Å². The van der Waals surface area contributed by atoms with Crippen LogP contribution in [0, 0.1) is 0 Å². The van der Waals surface area contributed by atoms with Crippen molar-refractivity contribution in [2.45, 2.75) is 53.4 Å². The van der Waals surface area contributed by atoms with Gasteiger partial charge >= 0.3 is 0 Å². The second-order valence-corrected chi connectivity index (χ2v) is 5.36. The van der Waals surface area contributed by atoms with Gasteiger partial charge in [0.2, 0.25) is 0 Å². The number of hydrogen-bond donors (Lipinski definition) is 0. The van der Waals surface area contributed by atoms with Gasteiger partial charge in [0.25, 0.3) is 0 Å². The van der Waals surface area contributed by atoms with Crippen molar-refractivity contribution in [1.29, 1.82) is 0 Å². The molecule has 0 saturated heterocycles. The van der Waals surface area contributed by atoms with Gasteiger partial charge in [-0.15, -0.1) is 0 Å². The third-order valence-corrected chi connectivity index (χ3v) is 4.23. The molecule has 0 fully saturated rings. The normalized spacial score (nSPS) is 10.8. The average molecular weight is 266 g/mol. The van der Waals surface area contributed by atoms with E-state index in [1.807, 2.05) is 0 Å². The van der Waals surface area contributed by atoms with Gasteiger partial charge in [-0.2, -0.15) is 0 Å². The average Bonchev–Trinajstić information content (AvgIpc) is 2.53. The molecule has 0 nitrogen and oxygen atoms in total. The first-order valence-electron chi connectivity index (χ1n) is 7.97. The Kier molecular flexibility index (Phi) is 5.00. The molecule has 0 aliphatic carbocycles. The zero-order valence-electron chi connectivity index (χ0n) is 13.3. The van der Waals surface area contributed by atoms with Crippen LogP contribution in [0.25, 0.3) is 11.1 Å². The SMILES string of the molecule is CCc1ccc(CC)c(-c2c(CC)cccc2CC)c1. The number of rotatable bonds is 5. The summed E-state index contributed by atoms with van der Waals surface area (Å²) in [6.45, 7) is 9.00. The van der Waals surface area contributed by atoms with E-state index in [1.165, 1.54) is 33.4 Å². The van der Waals surface area contributed by atoms with Crippen LogP contribution >= 0.6 is 0 Å². The molecule has 0 aliphatic heterocycles. The molecule has 0 spiro atoms. The van der Waals surface area contributed by atoms with Crippen LogP contribution in [-0.2, 0) is 25.7 Å². The summed E-state index contributed by atoms with van der Waals surface area (Å²) in [7, 11) is 0. The van der Waals surface area contributed by atoms with E-state index in [0.29, 0.717) is 0 Å². The molecule has 0 heterocycles. The highest BCUT2D eigenvalue weighted by molar-refractivity contribution is 5.75. The summed E-state index contributed by atoms with van der Waals surface area (Å²) in [6.07, 6.45) is 4.40. The summed E-state index contributed by atoms with van der Waals surface area (Å²) >= 11 is 0. The van der Waals surface area contributed by atoms with Crippen LogP contribution in [0.5, 0.6) is 0 Å². The zero-order valence-corrected chi connectivity index (χ0v) is 13.3. The van der Waals surface area contributed by atoms with E-state index in [0.717, 1.165) is 25.7 Å². The molecule has 0 bridgehead atoms. The number of hydrogen-bond acceptors (Lipinski definition) is 0. The van der Waals surface area contributed by atoms with Crippen LogP contribution in [0.15, 0.2) is 36.4 Å². The molecule has 106 valence electrons. The van der Waals surface area contributed by atoms with Crippen LogP contribution in [0.1, 0.15) is 49.9 Å². The zero-order chi connectivity index (χ0) is 14.5. The summed E-state index contributed by atoms with van der Waals surface area (Å²) in [5.41, 5.74) is 8.81. The second-order valence-electron chi connectivity index (χ2n) is 5.36. The fourth-order valence-corrected chi connectivity index (χ4v) is 2.97. The molecule has 0 saturated carbocycles. The van der Waals surface area contributed by atoms with E-state index in [9.17, 15) is 0 Å². The Morgan fingerprint density at radius 1 is 0.650 bits per heavy atom. The summed E-state index contributed by atoms with van der Waals surface area (Å²) in [6, 6.07) is 13.8. The number of aryl methyl sites for hydroxylation is 4. The van der Waals surface area contributed by atoms with Crippen molar-refractivity contribution in [1.82, 2.24) is 0 Å². The summed E-state index contributed by atoms with van der Waals surface area (Å²) in [5.74, 6) is 0. The molecule has 0 heteroatoms. The van der Waals surface area contributed by atoms with Gasteiger partial charge < -0.3 is 0 Å². The fourth-order valence-electron chi connectivity index (χ4n) is 2.97. The first-order chi connectivity index (χ1) is 9.74. The molecule has 0 atom stereocenters. The Labute approximate surface area is 123 Å². The van der Waals surface area contributed by atoms with Gasteiger partial charge in [-0.1, -0.05) is 64.1 Å². The summed E-state index contributed by atoms with van der Waals surface area (Å²) in [5, 5.41) is 0. The van der Waals surface area contributed by atoms with Crippen molar-refractivity contribution < 1.29 is 0 Å². The molecule has 0 aromatic heterocycles. The van der Waals surface area contributed by atoms with E-state index >= 15 is 0 Å². The van der Waals surface area contributed by atoms with Gasteiger partial charge in [-0.3, -0.25) is 0 Å². The highest BCUT2D eigenvalue weighted by atomic mass is 14.2. The van der Waals surface area contributed by atoms with Crippen LogP contribution in [0.4, 0.5) is 0 Å². The van der Waals surface area contributed by atoms with Gasteiger partial charge in [0, 0.05) is 0 Å². The highest BCUT2D eigenvalue weighted by Crippen LogP contribution is 2.32. The quantitative estimate of drug-likeness (QED) is 0.660. The monoisotopic (exact) mass is 266 g/mol. The van der Waals surface area contributed by atoms with E-state index in [4.69, 9.17) is 0 Å². The van der Waals surface area contributed by atoms with E-state index in [1.54, 1.807) is 0 Å². The van der Waals surface area contributed by atoms with Crippen molar-refractivity contribution in [3.8, 4) is 11.1 Å². The Bertz CT molecular complexity index is 556. The fraction of sp³-hybridized carbons (Fsp3) is 0.400. The Morgan fingerprint density at radius 2 is 1.25 bits per heavy atom. The lowest BCUT2D eigenvalue weighted by Gasteiger charge is -2.17.